The Balaban J connectivity index is 2.45. The van der Waals surface area contributed by atoms with Gasteiger partial charge >= 0.3 is 5.97 Å². The zero-order valence-electron chi connectivity index (χ0n) is 10.7. The molecule has 0 saturated heterocycles. The van der Waals surface area contributed by atoms with Crippen LogP contribution in [0.15, 0.2) is 41.2 Å². The van der Waals surface area contributed by atoms with E-state index in [1.165, 1.54) is 12.1 Å². The second-order valence-corrected chi connectivity index (χ2v) is 3.94. The third kappa shape index (κ3) is 3.11. The number of carboxylic acid groups (broad SMARTS) is 1. The van der Waals surface area contributed by atoms with Crippen LogP contribution in [0.1, 0.15) is 5.56 Å². The highest BCUT2D eigenvalue weighted by Crippen LogP contribution is 2.21. The first-order valence-corrected chi connectivity index (χ1v) is 5.75. The van der Waals surface area contributed by atoms with Crippen molar-refractivity contribution in [2.24, 2.45) is 0 Å². The van der Waals surface area contributed by atoms with Gasteiger partial charge in [0.15, 0.2) is 0 Å². The number of rotatable bonds is 4. The van der Waals surface area contributed by atoms with E-state index in [9.17, 15) is 9.59 Å². The van der Waals surface area contributed by atoms with Crippen LogP contribution in [0, 0.1) is 0 Å². The van der Waals surface area contributed by atoms with Crippen LogP contribution >= 0.6 is 0 Å². The summed E-state index contributed by atoms with van der Waals surface area (Å²) < 4.78 is 5.12. The Labute approximate surface area is 114 Å². The van der Waals surface area contributed by atoms with Crippen molar-refractivity contribution in [3.05, 3.63) is 52.3 Å². The fourth-order valence-corrected chi connectivity index (χ4v) is 1.64. The highest BCUT2D eigenvalue weighted by Gasteiger charge is 2.05. The molecule has 0 aliphatic carbocycles. The number of H-pyrrole nitrogens is 1. The van der Waals surface area contributed by atoms with Crippen LogP contribution in [-0.2, 0) is 4.79 Å². The van der Waals surface area contributed by atoms with Gasteiger partial charge in [0.2, 0.25) is 0 Å². The maximum absolute atomic E-state index is 11.6. The molecule has 2 aromatic rings. The maximum Gasteiger partial charge on any atom is 0.328 e. The molecule has 0 radical (unpaired) electrons. The Morgan fingerprint density at radius 2 is 2.20 bits per heavy atom. The second kappa shape index (κ2) is 5.83. The molecule has 1 heterocycles. The molecule has 0 aliphatic heterocycles. The lowest BCUT2D eigenvalue weighted by molar-refractivity contribution is -0.131. The molecular formula is C14H12N2O4. The first-order chi connectivity index (χ1) is 9.60. The molecule has 1 aromatic carbocycles. The van der Waals surface area contributed by atoms with Gasteiger partial charge in [-0.25, -0.2) is 9.89 Å². The van der Waals surface area contributed by atoms with Crippen LogP contribution in [0.5, 0.6) is 5.75 Å². The lowest BCUT2D eigenvalue weighted by Crippen LogP contribution is -2.11. The number of ether oxygens (including phenoxy) is 1. The van der Waals surface area contributed by atoms with Gasteiger partial charge in [-0.15, -0.1) is 0 Å². The van der Waals surface area contributed by atoms with Gasteiger partial charge < -0.3 is 9.84 Å². The largest absolute Gasteiger partial charge is 0.497 e. The highest BCUT2D eigenvalue weighted by molar-refractivity contribution is 5.85. The van der Waals surface area contributed by atoms with Crippen molar-refractivity contribution in [1.29, 1.82) is 0 Å². The summed E-state index contributed by atoms with van der Waals surface area (Å²) in [4.78, 5) is 22.0. The molecule has 0 spiro atoms. The van der Waals surface area contributed by atoms with Gasteiger partial charge in [0.25, 0.3) is 5.56 Å². The number of benzene rings is 1. The van der Waals surface area contributed by atoms with E-state index < -0.39 is 11.5 Å². The van der Waals surface area contributed by atoms with Gasteiger partial charge in [0.1, 0.15) is 5.75 Å². The molecule has 6 nitrogen and oxygen atoms in total. The van der Waals surface area contributed by atoms with Gasteiger partial charge in [-0.2, -0.15) is 5.10 Å². The van der Waals surface area contributed by atoms with Crippen molar-refractivity contribution in [3.63, 3.8) is 0 Å². The SMILES string of the molecule is COc1cccc(-c2cc(/C=C/C(=O)O)c(=O)[nH]n2)c1. The molecule has 2 rings (SSSR count). The lowest BCUT2D eigenvalue weighted by atomic mass is 10.1. The number of methoxy groups -OCH3 is 1. The molecule has 6 heteroatoms. The Morgan fingerprint density at radius 3 is 2.90 bits per heavy atom. The van der Waals surface area contributed by atoms with E-state index in [1.54, 1.807) is 25.3 Å². The van der Waals surface area contributed by atoms with E-state index in [1.807, 2.05) is 6.07 Å². The number of nitrogens with zero attached hydrogens (tertiary/aromatic N) is 1. The van der Waals surface area contributed by atoms with E-state index in [0.717, 1.165) is 11.6 Å². The molecule has 0 saturated carbocycles. The maximum atomic E-state index is 11.6. The number of hydrogen-bond acceptors (Lipinski definition) is 4. The molecule has 0 amide bonds. The molecular weight excluding hydrogens is 260 g/mol. The standard InChI is InChI=1S/C14H12N2O4/c1-20-11-4-2-3-9(7-11)12-8-10(5-6-13(17)18)14(19)16-15-12/h2-8H,1H3,(H,16,19)(H,17,18)/b6-5+. The van der Waals surface area contributed by atoms with Crippen molar-refractivity contribution in [2.45, 2.75) is 0 Å². The van der Waals surface area contributed by atoms with Crippen LogP contribution in [0.2, 0.25) is 0 Å². The van der Waals surface area contributed by atoms with Gasteiger partial charge in [0, 0.05) is 17.2 Å². The summed E-state index contributed by atoms with van der Waals surface area (Å²) in [6.07, 6.45) is 2.13. The van der Waals surface area contributed by atoms with Gasteiger partial charge in [-0.05, 0) is 24.3 Å². The van der Waals surface area contributed by atoms with Crippen LogP contribution in [0.25, 0.3) is 17.3 Å². The van der Waals surface area contributed by atoms with Crippen molar-refractivity contribution in [1.82, 2.24) is 10.2 Å². The number of nitrogens with one attached hydrogen (secondary N) is 1. The fourth-order valence-electron chi connectivity index (χ4n) is 1.64. The minimum Gasteiger partial charge on any atom is -0.497 e. The number of carboxylic acids is 1. The highest BCUT2D eigenvalue weighted by atomic mass is 16.5. The summed E-state index contributed by atoms with van der Waals surface area (Å²) in [6, 6.07) is 8.69. The van der Waals surface area contributed by atoms with E-state index in [-0.39, 0.29) is 5.56 Å². The number of aromatic amines is 1. The topological polar surface area (TPSA) is 92.3 Å². The molecule has 0 unspecified atom stereocenters. The molecule has 0 fully saturated rings. The summed E-state index contributed by atoms with van der Waals surface area (Å²) in [7, 11) is 1.56. The summed E-state index contributed by atoms with van der Waals surface area (Å²) in [5.74, 6) is -0.456. The number of hydrogen-bond donors (Lipinski definition) is 2. The van der Waals surface area contributed by atoms with Gasteiger partial charge in [-0.1, -0.05) is 12.1 Å². The Hall–Kier alpha value is -2.89. The van der Waals surface area contributed by atoms with Crippen molar-refractivity contribution in [3.8, 4) is 17.0 Å². The first kappa shape index (κ1) is 13.5. The average molecular weight is 272 g/mol. The third-order valence-electron chi connectivity index (χ3n) is 2.60. The molecule has 102 valence electrons. The Morgan fingerprint density at radius 1 is 1.40 bits per heavy atom. The Kier molecular flexibility index (Phi) is 3.95. The molecule has 20 heavy (non-hydrogen) atoms. The van der Waals surface area contributed by atoms with Crippen LogP contribution in [0.3, 0.4) is 0 Å². The fraction of sp³-hybridized carbons (Fsp3) is 0.0714. The monoisotopic (exact) mass is 272 g/mol. The van der Waals surface area contributed by atoms with E-state index in [4.69, 9.17) is 9.84 Å². The quantitative estimate of drug-likeness (QED) is 0.824. The number of aromatic nitrogens is 2. The second-order valence-electron chi connectivity index (χ2n) is 3.94. The molecule has 2 N–H and O–H groups in total. The number of carbonyl (C=O) groups is 1. The summed E-state index contributed by atoms with van der Waals surface area (Å²) >= 11 is 0. The van der Waals surface area contributed by atoms with Crippen LogP contribution < -0.4 is 10.3 Å². The molecule has 1 aromatic heterocycles. The first-order valence-electron chi connectivity index (χ1n) is 5.75. The van der Waals surface area contributed by atoms with Crippen molar-refractivity contribution < 1.29 is 14.6 Å². The zero-order chi connectivity index (χ0) is 14.5. The summed E-state index contributed by atoms with van der Waals surface area (Å²) in [6.45, 7) is 0. The van der Waals surface area contributed by atoms with Gasteiger partial charge in [0.05, 0.1) is 12.8 Å². The lowest BCUT2D eigenvalue weighted by Gasteiger charge is -2.04. The van der Waals surface area contributed by atoms with Gasteiger partial charge in [-0.3, -0.25) is 4.79 Å². The van der Waals surface area contributed by atoms with E-state index in [2.05, 4.69) is 10.2 Å². The molecule has 0 atom stereocenters. The van der Waals surface area contributed by atoms with E-state index >= 15 is 0 Å². The molecule has 0 bridgehead atoms. The van der Waals surface area contributed by atoms with Crippen molar-refractivity contribution in [2.75, 3.05) is 7.11 Å². The predicted molar refractivity (Wildman–Crippen MR) is 73.5 cm³/mol. The van der Waals surface area contributed by atoms with Crippen LogP contribution in [-0.4, -0.2) is 28.4 Å². The summed E-state index contributed by atoms with van der Waals surface area (Å²) in [5, 5.41) is 14.9. The zero-order valence-corrected chi connectivity index (χ0v) is 10.7. The normalized spacial score (nSPS) is 10.7. The smallest absolute Gasteiger partial charge is 0.328 e. The Bertz CT molecular complexity index is 719. The minimum atomic E-state index is -1.12. The molecule has 0 aliphatic rings. The van der Waals surface area contributed by atoms with Crippen molar-refractivity contribution >= 4 is 12.0 Å². The third-order valence-corrected chi connectivity index (χ3v) is 2.60. The average Bonchev–Trinajstić information content (AvgIpc) is 2.46. The van der Waals surface area contributed by atoms with E-state index in [0.29, 0.717) is 11.4 Å². The number of aliphatic carboxylic acids is 1. The summed E-state index contributed by atoms with van der Waals surface area (Å²) in [5.41, 5.74) is 1.05. The minimum absolute atomic E-state index is 0.222. The van der Waals surface area contributed by atoms with Crippen LogP contribution in [0.4, 0.5) is 0 Å². The predicted octanol–water partition coefficient (Wildman–Crippen LogP) is 1.54.